The fourth-order valence-corrected chi connectivity index (χ4v) is 1.55. The Morgan fingerprint density at radius 1 is 0.591 bits per heavy atom. The molecule has 0 fully saturated rings. The van der Waals surface area contributed by atoms with Crippen LogP contribution in [0.3, 0.4) is 0 Å². The van der Waals surface area contributed by atoms with Crippen molar-refractivity contribution in [1.29, 1.82) is 0 Å². The van der Waals surface area contributed by atoms with Crippen molar-refractivity contribution in [2.24, 2.45) is 0 Å². The van der Waals surface area contributed by atoms with Gasteiger partial charge in [0.05, 0.1) is 0 Å². The van der Waals surface area contributed by atoms with Gasteiger partial charge < -0.3 is 62.8 Å². The Hall–Kier alpha value is 0.285. The maximum atomic E-state index is 11.1. The number of imide groups is 1. The second-order valence-electron chi connectivity index (χ2n) is 5.41. The summed E-state index contributed by atoms with van der Waals surface area (Å²) in [7, 11) is 29.2. The van der Waals surface area contributed by atoms with E-state index in [-0.39, 0.29) is 60.6 Å². The van der Waals surface area contributed by atoms with Crippen molar-refractivity contribution in [3.05, 3.63) is 49.1 Å². The Morgan fingerprint density at radius 3 is 1.00 bits per heavy atom. The summed E-state index contributed by atoms with van der Waals surface area (Å²) in [4.78, 5) is 60.7. The van der Waals surface area contributed by atoms with Gasteiger partial charge >= 0.3 is 112 Å². The van der Waals surface area contributed by atoms with Crippen LogP contribution in [0.2, 0.25) is 0 Å². The number of rotatable bonds is 7. The molecule has 0 radical (unpaired) electrons. The van der Waals surface area contributed by atoms with E-state index < -0.39 is 73.3 Å². The number of carbonyl (C=O) groups is 6. The van der Waals surface area contributed by atoms with Crippen molar-refractivity contribution in [3.8, 4) is 0 Å². The van der Waals surface area contributed by atoms with Gasteiger partial charge in [-0.1, -0.05) is 12.8 Å². The number of hydrogen-bond donors (Lipinski definition) is 4. The van der Waals surface area contributed by atoms with Gasteiger partial charge in [-0.2, -0.15) is 0 Å². The molecular formula is C17H41Cl6N7O11Pt3. The van der Waals surface area contributed by atoms with Gasteiger partial charge in [0.25, 0.3) is 29.7 Å². The number of carbonyl (C=O) groups excluding carboxylic acids is 2. The number of nitrogens with zero attached hydrogens (tertiary/aromatic N) is 1. The third-order valence-corrected chi connectivity index (χ3v) is 2.42. The van der Waals surface area contributed by atoms with Gasteiger partial charge in [0, 0.05) is 45.9 Å². The smallest absolute Gasteiger partial charge is 0.693 e. The van der Waals surface area contributed by atoms with Crippen LogP contribution in [-0.4, -0.2) is 73.0 Å². The summed E-state index contributed by atoms with van der Waals surface area (Å²) in [6.07, 6.45) is 5.76. The van der Waals surface area contributed by atoms with Crippen LogP contribution in [0, 0.1) is 0 Å². The molecular weight excluding hydrogens is 1280 g/mol. The molecule has 0 unspecified atom stereocenters. The van der Waals surface area contributed by atoms with Gasteiger partial charge in [-0.3, -0.25) is 33.7 Å². The first-order valence-electron chi connectivity index (χ1n) is 8.86. The molecule has 27 heteroatoms. The van der Waals surface area contributed by atoms with E-state index in [9.17, 15) is 14.4 Å². The molecule has 1 rings (SSSR count). The summed E-state index contributed by atoms with van der Waals surface area (Å²) in [6, 6.07) is 0. The van der Waals surface area contributed by atoms with E-state index in [1.807, 2.05) is 0 Å². The first kappa shape index (κ1) is 84.8. The van der Waals surface area contributed by atoms with Gasteiger partial charge in [-0.05, 0) is 12.8 Å². The average Bonchev–Trinajstić information content (AvgIpc) is 3.03. The van der Waals surface area contributed by atoms with Crippen molar-refractivity contribution >= 4 is 92.2 Å². The van der Waals surface area contributed by atoms with Crippen LogP contribution in [0.1, 0.15) is 52.9 Å². The number of hydrogen-bond acceptors (Lipinski definition) is 6. The quantitative estimate of drug-likeness (QED) is 0.138. The summed E-state index contributed by atoms with van der Waals surface area (Å²) < 4.78 is 0. The number of unbranched alkanes of at least 4 members (excludes halogenated alkanes) is 3. The Balaban J connectivity index is -0.0000000266. The Kier molecular flexibility index (Phi) is 143. The minimum atomic E-state index is -0.833. The largest absolute Gasteiger partial charge is 0.693 e. The number of carboxylic acids is 4. The van der Waals surface area contributed by atoms with E-state index in [2.05, 4.69) is 0 Å². The van der Waals surface area contributed by atoms with Crippen molar-refractivity contribution in [1.82, 2.24) is 4.90 Å². The third-order valence-electron chi connectivity index (χ3n) is 2.42. The molecule has 2 amide bonds. The number of halogens is 6. The molecule has 0 aromatic carbocycles. The zero-order valence-electron chi connectivity index (χ0n) is 23.3. The van der Waals surface area contributed by atoms with Crippen molar-refractivity contribution in [3.63, 3.8) is 0 Å². The summed E-state index contributed by atoms with van der Waals surface area (Å²) in [5, 5.41) is 30.7. The number of carboxylic acid groups (broad SMARTS) is 4. The Morgan fingerprint density at radius 2 is 0.795 bits per heavy atom. The minimum absolute atomic E-state index is 0. The topological polar surface area (TPSA) is 419 Å². The predicted molar refractivity (Wildman–Crippen MR) is 167 cm³/mol. The maximum Gasteiger partial charge on any atom is -0.693 e. The third kappa shape index (κ3) is 145. The van der Waals surface area contributed by atoms with E-state index in [0.29, 0.717) is 13.0 Å². The van der Waals surface area contributed by atoms with Gasteiger partial charge in [-0.15, -0.1) is 0 Å². The molecule has 0 aromatic rings. The zero-order valence-corrected chi connectivity index (χ0v) is 34.6. The van der Waals surface area contributed by atoms with E-state index in [4.69, 9.17) is 91.3 Å². The second kappa shape index (κ2) is 74.3. The molecule has 0 saturated heterocycles. The van der Waals surface area contributed by atoms with E-state index in [0.717, 1.165) is 40.0 Å². The molecule has 0 aromatic heterocycles. The van der Waals surface area contributed by atoms with E-state index in [1.54, 1.807) is 0 Å². The Bertz CT molecular complexity index is 609. The van der Waals surface area contributed by atoms with Crippen LogP contribution >= 0.6 is 56.5 Å². The molecule has 0 spiro atoms. The monoisotopic (exact) mass is 1310 g/mol. The summed E-state index contributed by atoms with van der Waals surface area (Å²) in [5.41, 5.74) is 0. The standard InChI is InChI=1S/C11H15NO4.3C2H4O2.6ClH.6H2N.H2O.3Pt/c13-9-6-7-10(14)12(9)8-4-2-1-3-5-11(15)16;3*1-2(3)4;;;;;;;;;;;;;;;;/h6-7H,1-5,8H2,(H,15,16);3*1H3,(H,3,4);6*1H;7*1H2;;;/q;;;;;;;;;;6*-1;;3*+4/p-6. The summed E-state index contributed by atoms with van der Waals surface area (Å²) in [6.45, 7) is 3.68. The fraction of sp³-hybridized carbons (Fsp3) is 0.529. The zero-order chi connectivity index (χ0) is 30.8. The fourth-order valence-electron chi connectivity index (χ4n) is 1.55. The first-order valence-corrected chi connectivity index (χ1v) is 25.8. The molecule has 0 aliphatic carbocycles. The summed E-state index contributed by atoms with van der Waals surface area (Å²) >= 11 is -1.42. The molecule has 1 aliphatic rings. The molecule has 0 atom stereocenters. The van der Waals surface area contributed by atoms with E-state index in [1.165, 1.54) is 17.1 Å². The number of amides is 2. The van der Waals surface area contributed by atoms with Gasteiger partial charge in [0.15, 0.2) is 0 Å². The van der Waals surface area contributed by atoms with Gasteiger partial charge in [0.2, 0.25) is 0 Å². The minimum Gasteiger partial charge on any atom is -0.693 e. The van der Waals surface area contributed by atoms with Gasteiger partial charge in [0.1, 0.15) is 0 Å². The van der Waals surface area contributed by atoms with Gasteiger partial charge in [-0.25, -0.2) is 0 Å². The average molecular weight is 1320 g/mol. The number of nitrogens with two attached hydrogens (primary N) is 6. The molecule has 18 nitrogen and oxygen atoms in total. The molecule has 18 N–H and O–H groups in total. The molecule has 1 heterocycles. The van der Waals surface area contributed by atoms with Crippen LogP contribution < -0.4 is 0 Å². The first-order chi connectivity index (χ1) is 17.0. The normalized spacial score (nSPS) is 8.61. The second-order valence-corrected chi connectivity index (χ2v) is 15.3. The van der Waals surface area contributed by atoms with Crippen LogP contribution in [0.4, 0.5) is 0 Å². The molecule has 0 saturated carbocycles. The van der Waals surface area contributed by atoms with Crippen molar-refractivity contribution < 1.29 is 104 Å². The molecule has 0 bridgehead atoms. The molecule has 1 aliphatic heterocycles. The van der Waals surface area contributed by atoms with Crippen LogP contribution in [0.25, 0.3) is 36.9 Å². The molecule has 282 valence electrons. The summed E-state index contributed by atoms with van der Waals surface area (Å²) in [5.74, 6) is -3.79. The van der Waals surface area contributed by atoms with Crippen LogP contribution in [-0.2, 0) is 78.2 Å². The van der Waals surface area contributed by atoms with Crippen molar-refractivity contribution in [2.75, 3.05) is 6.54 Å². The van der Waals surface area contributed by atoms with E-state index >= 15 is 0 Å². The van der Waals surface area contributed by atoms with Crippen LogP contribution in [0.15, 0.2) is 12.2 Å². The Labute approximate surface area is 306 Å². The predicted octanol–water partition coefficient (Wildman–Crippen LogP) is 8.83. The SMILES string of the molecule is CC(=O)O.CC(=O)O.CC(=O)O.O.O=C(O)CCCCCCN1C(=O)C=CC1=O.[Cl][Pt+2][Cl].[Cl][Pt+2][Cl].[Cl][Pt+2][Cl].[NH2-].[NH2-].[NH2-].[NH2-].[NH2-].[NH2-]. The molecule has 44 heavy (non-hydrogen) atoms. The maximum absolute atomic E-state index is 11.1. The van der Waals surface area contributed by atoms with Crippen LogP contribution in [0.5, 0.6) is 0 Å². The number of aliphatic carboxylic acids is 4. The van der Waals surface area contributed by atoms with Crippen molar-refractivity contribution in [2.45, 2.75) is 52.9 Å².